The Morgan fingerprint density at radius 1 is 1.77 bits per heavy atom. The molecular weight excluding hydrogens is 172 g/mol. The lowest BCUT2D eigenvalue weighted by Crippen LogP contribution is -2.11. The first-order valence-corrected chi connectivity index (χ1v) is 3.84. The Hall–Kier alpha value is -1.65. The van der Waals surface area contributed by atoms with Crippen molar-refractivity contribution in [3.63, 3.8) is 0 Å². The van der Waals surface area contributed by atoms with Gasteiger partial charge in [-0.05, 0) is 6.92 Å². The summed E-state index contributed by atoms with van der Waals surface area (Å²) in [5.41, 5.74) is 0.304. The van der Waals surface area contributed by atoms with Gasteiger partial charge in [0.1, 0.15) is 5.69 Å². The molecule has 1 aromatic rings. The number of aryl methyl sites for hydroxylation is 1. The Bertz CT molecular complexity index is 330. The summed E-state index contributed by atoms with van der Waals surface area (Å²) in [6, 6.07) is 0. The summed E-state index contributed by atoms with van der Waals surface area (Å²) in [7, 11) is 1.63. The highest BCUT2D eigenvalue weighted by Crippen LogP contribution is 2.05. The molecule has 1 rings (SSSR count). The molecule has 0 atom stereocenters. The number of esters is 1. The predicted octanol–water partition coefficient (Wildman–Crippen LogP) is 0.409. The molecule has 0 aliphatic rings. The average molecular weight is 182 g/mol. The van der Waals surface area contributed by atoms with Crippen LogP contribution in [0.5, 0.6) is 0 Å². The fourth-order valence-corrected chi connectivity index (χ4v) is 0.983. The molecule has 0 fully saturated rings. The third kappa shape index (κ3) is 1.74. The first-order chi connectivity index (χ1) is 6.20. The summed E-state index contributed by atoms with van der Waals surface area (Å²) in [6.07, 6.45) is 1.93. The minimum Gasteiger partial charge on any atom is -0.461 e. The van der Waals surface area contributed by atoms with Crippen molar-refractivity contribution in [3.8, 4) is 0 Å². The Morgan fingerprint density at radius 3 is 3.00 bits per heavy atom. The molecule has 0 unspecified atom stereocenters. The molecular formula is C8H10N2O3. The number of hydrogen-bond acceptors (Lipinski definition) is 4. The van der Waals surface area contributed by atoms with Crippen molar-refractivity contribution in [2.75, 3.05) is 6.61 Å². The fraction of sp³-hybridized carbons (Fsp3) is 0.375. The third-order valence-corrected chi connectivity index (χ3v) is 1.55. The minimum absolute atomic E-state index is 0.112. The maximum absolute atomic E-state index is 11.3. The number of aldehydes is 1. The number of hydrogen-bond donors (Lipinski definition) is 0. The van der Waals surface area contributed by atoms with Crippen molar-refractivity contribution in [1.29, 1.82) is 0 Å². The summed E-state index contributed by atoms with van der Waals surface area (Å²) in [5, 5.41) is 0. The van der Waals surface area contributed by atoms with Crippen LogP contribution < -0.4 is 0 Å². The van der Waals surface area contributed by atoms with Crippen LogP contribution in [0.3, 0.4) is 0 Å². The van der Waals surface area contributed by atoms with Crippen LogP contribution in [0.1, 0.15) is 27.9 Å². The Labute approximate surface area is 75.3 Å². The number of ether oxygens (including phenoxy) is 1. The summed E-state index contributed by atoms with van der Waals surface area (Å²) in [4.78, 5) is 25.5. The van der Waals surface area contributed by atoms with E-state index in [1.54, 1.807) is 14.0 Å². The van der Waals surface area contributed by atoms with Gasteiger partial charge in [-0.1, -0.05) is 0 Å². The number of carbonyl (C=O) groups excluding carboxylic acids is 2. The topological polar surface area (TPSA) is 61.2 Å². The van der Waals surface area contributed by atoms with E-state index in [9.17, 15) is 9.59 Å². The van der Waals surface area contributed by atoms with Gasteiger partial charge in [0.15, 0.2) is 12.0 Å². The van der Waals surface area contributed by atoms with E-state index in [1.165, 1.54) is 10.9 Å². The first kappa shape index (κ1) is 9.44. The molecule has 5 heteroatoms. The third-order valence-electron chi connectivity index (χ3n) is 1.55. The van der Waals surface area contributed by atoms with Crippen LogP contribution in [0.2, 0.25) is 0 Å². The summed E-state index contributed by atoms with van der Waals surface area (Å²) >= 11 is 0. The summed E-state index contributed by atoms with van der Waals surface area (Å²) in [5.74, 6) is -0.524. The molecule has 0 spiro atoms. The Balaban J connectivity index is 3.03. The van der Waals surface area contributed by atoms with Crippen LogP contribution in [0.15, 0.2) is 6.33 Å². The van der Waals surface area contributed by atoms with Crippen LogP contribution in [0, 0.1) is 0 Å². The Kier molecular flexibility index (Phi) is 2.79. The van der Waals surface area contributed by atoms with Crippen molar-refractivity contribution in [2.45, 2.75) is 6.92 Å². The highest BCUT2D eigenvalue weighted by Gasteiger charge is 2.17. The molecule has 0 saturated carbocycles. The van der Waals surface area contributed by atoms with Gasteiger partial charge in [-0.25, -0.2) is 9.78 Å². The van der Waals surface area contributed by atoms with Gasteiger partial charge in [0, 0.05) is 7.05 Å². The smallest absolute Gasteiger partial charge is 0.357 e. The highest BCUT2D eigenvalue weighted by molar-refractivity contribution is 5.95. The van der Waals surface area contributed by atoms with E-state index in [2.05, 4.69) is 4.98 Å². The maximum atomic E-state index is 11.3. The second-order valence-corrected chi connectivity index (χ2v) is 2.43. The molecule has 0 aliphatic heterocycles. The molecule has 0 saturated heterocycles. The van der Waals surface area contributed by atoms with E-state index in [4.69, 9.17) is 4.74 Å². The van der Waals surface area contributed by atoms with Gasteiger partial charge in [-0.15, -0.1) is 0 Å². The van der Waals surface area contributed by atoms with Gasteiger partial charge in [-0.3, -0.25) is 4.79 Å². The van der Waals surface area contributed by atoms with Gasteiger partial charge in [0.05, 0.1) is 12.9 Å². The van der Waals surface area contributed by atoms with Crippen LogP contribution in [-0.4, -0.2) is 28.4 Å². The molecule has 0 N–H and O–H groups in total. The molecule has 0 amide bonds. The van der Waals surface area contributed by atoms with E-state index in [1.807, 2.05) is 0 Å². The largest absolute Gasteiger partial charge is 0.461 e. The van der Waals surface area contributed by atoms with Crippen molar-refractivity contribution in [2.24, 2.45) is 7.05 Å². The molecule has 5 nitrogen and oxygen atoms in total. The first-order valence-electron chi connectivity index (χ1n) is 3.84. The number of rotatable bonds is 3. The number of nitrogens with zero attached hydrogens (tertiary/aromatic N) is 2. The van der Waals surface area contributed by atoms with E-state index in [-0.39, 0.29) is 18.0 Å². The second-order valence-electron chi connectivity index (χ2n) is 2.43. The van der Waals surface area contributed by atoms with E-state index < -0.39 is 5.97 Å². The molecule has 0 aliphatic carbocycles. The highest BCUT2D eigenvalue weighted by atomic mass is 16.5. The zero-order valence-electron chi connectivity index (χ0n) is 7.48. The zero-order chi connectivity index (χ0) is 9.84. The molecule has 13 heavy (non-hydrogen) atoms. The van der Waals surface area contributed by atoms with Gasteiger partial charge in [-0.2, -0.15) is 0 Å². The molecule has 0 radical (unpaired) electrons. The average Bonchev–Trinajstić information content (AvgIpc) is 2.47. The predicted molar refractivity (Wildman–Crippen MR) is 44.6 cm³/mol. The van der Waals surface area contributed by atoms with Crippen LogP contribution in [0.4, 0.5) is 0 Å². The fourth-order valence-electron chi connectivity index (χ4n) is 0.983. The monoisotopic (exact) mass is 182 g/mol. The van der Waals surface area contributed by atoms with Gasteiger partial charge in [0.25, 0.3) is 0 Å². The van der Waals surface area contributed by atoms with Gasteiger partial charge >= 0.3 is 5.97 Å². The number of carbonyl (C=O) groups is 2. The van der Waals surface area contributed by atoms with E-state index in [0.717, 1.165) is 0 Å². The lowest BCUT2D eigenvalue weighted by atomic mass is 10.3. The molecule has 1 heterocycles. The Morgan fingerprint density at radius 2 is 2.46 bits per heavy atom. The maximum Gasteiger partial charge on any atom is 0.357 e. The quantitative estimate of drug-likeness (QED) is 0.501. The number of imidazole rings is 1. The van der Waals surface area contributed by atoms with E-state index in [0.29, 0.717) is 6.29 Å². The standard InChI is InChI=1S/C8H10N2O3/c1-3-13-8(12)7-6(4-11)9-5-10(7)2/h4-5H,3H2,1-2H3. The normalized spacial score (nSPS) is 9.69. The second kappa shape index (κ2) is 3.84. The molecule has 0 bridgehead atoms. The zero-order valence-corrected chi connectivity index (χ0v) is 7.48. The lowest BCUT2D eigenvalue weighted by molar-refractivity contribution is 0.0513. The molecule has 70 valence electrons. The van der Waals surface area contributed by atoms with Gasteiger partial charge < -0.3 is 9.30 Å². The van der Waals surface area contributed by atoms with Crippen molar-refractivity contribution < 1.29 is 14.3 Å². The molecule has 1 aromatic heterocycles. The van der Waals surface area contributed by atoms with Gasteiger partial charge in [0.2, 0.25) is 0 Å². The summed E-state index contributed by atoms with van der Waals surface area (Å²) in [6.45, 7) is 1.98. The van der Waals surface area contributed by atoms with E-state index >= 15 is 0 Å². The van der Waals surface area contributed by atoms with Crippen molar-refractivity contribution in [3.05, 3.63) is 17.7 Å². The van der Waals surface area contributed by atoms with Crippen LogP contribution in [0.25, 0.3) is 0 Å². The lowest BCUT2D eigenvalue weighted by Gasteiger charge is -2.01. The SMILES string of the molecule is CCOC(=O)c1c(C=O)ncn1C. The van der Waals surface area contributed by atoms with Crippen molar-refractivity contribution >= 4 is 12.3 Å². The van der Waals surface area contributed by atoms with Crippen LogP contribution >= 0.6 is 0 Å². The summed E-state index contributed by atoms with van der Waals surface area (Å²) < 4.78 is 6.21. The molecule has 0 aromatic carbocycles. The number of aromatic nitrogens is 2. The van der Waals surface area contributed by atoms with Crippen LogP contribution in [-0.2, 0) is 11.8 Å². The minimum atomic E-state index is -0.524. The van der Waals surface area contributed by atoms with Crippen molar-refractivity contribution in [1.82, 2.24) is 9.55 Å².